The fraction of sp³-hybridized carbons (Fsp3) is 0.306. The van der Waals surface area contributed by atoms with Crippen LogP contribution in [0.1, 0.15) is 90.4 Å². The molecule has 1 atom stereocenters. The molecule has 6 aromatic rings. The van der Waals surface area contributed by atoms with Crippen molar-refractivity contribution in [2.24, 2.45) is 0 Å². The zero-order chi connectivity index (χ0) is 49.1. The SMILES string of the molecule is Cc1ccc(C(=O)Nc2ccc(CN3CCN(C(=O)CCCc4cn(CCNc5cccc6c5C(=O)N(C5CCC(=O)NC5=O)C6=O)nn4)CC3)c(C(F)(F)F)c2)cc1C#Cc1cnc2cccnn12. The number of imide groups is 2. The molecule has 0 aliphatic carbocycles. The molecule has 2 fully saturated rings. The maximum Gasteiger partial charge on any atom is 0.416 e. The minimum Gasteiger partial charge on any atom is -0.383 e. The molecule has 0 spiro atoms. The van der Waals surface area contributed by atoms with Crippen LogP contribution in [0.4, 0.5) is 24.5 Å². The van der Waals surface area contributed by atoms with Crippen molar-refractivity contribution in [3.63, 3.8) is 0 Å². The van der Waals surface area contributed by atoms with Crippen LogP contribution in [-0.4, -0.2) is 119 Å². The van der Waals surface area contributed by atoms with E-state index >= 15 is 0 Å². The number of fused-ring (bicyclic) bond motifs is 2. The fourth-order valence-electron chi connectivity index (χ4n) is 8.71. The molecule has 6 heterocycles. The number of amides is 6. The van der Waals surface area contributed by atoms with Crippen LogP contribution in [0.2, 0.25) is 0 Å². The van der Waals surface area contributed by atoms with E-state index in [1.165, 1.54) is 18.2 Å². The number of piperazine rings is 1. The van der Waals surface area contributed by atoms with Crippen LogP contribution in [0.25, 0.3) is 5.65 Å². The number of hydrogen-bond acceptors (Lipinski definition) is 12. The van der Waals surface area contributed by atoms with Gasteiger partial charge in [0.05, 0.1) is 35.1 Å². The highest BCUT2D eigenvalue weighted by Gasteiger charge is 2.45. The van der Waals surface area contributed by atoms with Gasteiger partial charge in [0.25, 0.3) is 17.7 Å². The van der Waals surface area contributed by atoms with Crippen LogP contribution in [0.15, 0.2) is 85.3 Å². The molecule has 0 radical (unpaired) electrons. The van der Waals surface area contributed by atoms with Gasteiger partial charge in [-0.25, -0.2) is 9.50 Å². The smallest absolute Gasteiger partial charge is 0.383 e. The van der Waals surface area contributed by atoms with E-state index in [0.29, 0.717) is 80.4 Å². The Hall–Kier alpha value is -8.25. The zero-order valence-electron chi connectivity index (χ0n) is 37.8. The molecular weight excluding hydrogens is 910 g/mol. The Morgan fingerprint density at radius 3 is 2.57 bits per heavy atom. The number of piperidine rings is 1. The molecule has 18 nitrogen and oxygen atoms in total. The number of aromatic nitrogens is 6. The normalized spacial score (nSPS) is 16.3. The van der Waals surface area contributed by atoms with E-state index in [2.05, 4.69) is 48.2 Å². The van der Waals surface area contributed by atoms with E-state index in [1.807, 2.05) is 11.8 Å². The number of anilines is 2. The van der Waals surface area contributed by atoms with Gasteiger partial charge in [0.2, 0.25) is 17.7 Å². The van der Waals surface area contributed by atoms with Gasteiger partial charge in [0.15, 0.2) is 5.65 Å². The number of rotatable bonds is 13. The molecule has 3 aliphatic rings. The van der Waals surface area contributed by atoms with Crippen LogP contribution in [0.5, 0.6) is 0 Å². The van der Waals surface area contributed by atoms with Crippen molar-refractivity contribution >= 4 is 52.5 Å². The molecule has 3 aromatic carbocycles. The molecule has 70 heavy (non-hydrogen) atoms. The van der Waals surface area contributed by atoms with E-state index < -0.39 is 47.3 Å². The molecule has 9 rings (SSSR count). The lowest BCUT2D eigenvalue weighted by atomic mass is 10.0. The highest BCUT2D eigenvalue weighted by atomic mass is 19.4. The van der Waals surface area contributed by atoms with Gasteiger partial charge in [0.1, 0.15) is 11.7 Å². The van der Waals surface area contributed by atoms with Gasteiger partial charge in [0, 0.05) is 87.0 Å². The second kappa shape index (κ2) is 19.8. The highest BCUT2D eigenvalue weighted by Crippen LogP contribution is 2.35. The van der Waals surface area contributed by atoms with Crippen LogP contribution < -0.4 is 16.0 Å². The number of imidazole rings is 1. The Balaban J connectivity index is 0.724. The summed E-state index contributed by atoms with van der Waals surface area (Å²) in [7, 11) is 0. The molecule has 0 bridgehead atoms. The molecule has 6 amide bonds. The minimum atomic E-state index is -4.69. The predicted molar refractivity (Wildman–Crippen MR) is 246 cm³/mol. The van der Waals surface area contributed by atoms with Gasteiger partial charge in [-0.3, -0.25) is 48.6 Å². The molecule has 3 N–H and O–H groups in total. The maximum absolute atomic E-state index is 14.4. The van der Waals surface area contributed by atoms with Crippen molar-refractivity contribution in [1.29, 1.82) is 0 Å². The number of aryl methyl sites for hydroxylation is 2. The first-order valence-corrected chi connectivity index (χ1v) is 22.6. The van der Waals surface area contributed by atoms with E-state index in [0.717, 1.165) is 16.5 Å². The Morgan fingerprint density at radius 1 is 0.943 bits per heavy atom. The second-order valence-electron chi connectivity index (χ2n) is 17.1. The second-order valence-corrected chi connectivity index (χ2v) is 17.1. The van der Waals surface area contributed by atoms with Gasteiger partial charge in [-0.2, -0.15) is 18.3 Å². The number of nitrogens with zero attached hydrogens (tertiary/aromatic N) is 9. The molecular formula is C49H45F3N12O6. The predicted octanol–water partition coefficient (Wildman–Crippen LogP) is 4.48. The fourth-order valence-corrected chi connectivity index (χ4v) is 8.71. The van der Waals surface area contributed by atoms with E-state index in [9.17, 15) is 41.9 Å². The first kappa shape index (κ1) is 46.8. The topological polar surface area (TPSA) is 209 Å². The molecule has 0 saturated carbocycles. The van der Waals surface area contributed by atoms with Gasteiger partial charge < -0.3 is 15.5 Å². The van der Waals surface area contributed by atoms with Crippen LogP contribution in [-0.2, 0) is 40.1 Å². The molecule has 3 aromatic heterocycles. The number of carbonyl (C=O) groups is 6. The lowest BCUT2D eigenvalue weighted by molar-refractivity contribution is -0.139. The summed E-state index contributed by atoms with van der Waals surface area (Å²) in [6.45, 7) is 4.00. The van der Waals surface area contributed by atoms with Crippen molar-refractivity contribution in [2.75, 3.05) is 43.4 Å². The van der Waals surface area contributed by atoms with Crippen molar-refractivity contribution in [2.45, 2.75) is 64.3 Å². The summed E-state index contributed by atoms with van der Waals surface area (Å²) in [4.78, 5) is 85.8. The van der Waals surface area contributed by atoms with Crippen molar-refractivity contribution < 1.29 is 41.9 Å². The Morgan fingerprint density at radius 2 is 1.77 bits per heavy atom. The van der Waals surface area contributed by atoms with Crippen molar-refractivity contribution in [3.8, 4) is 11.8 Å². The maximum atomic E-state index is 14.4. The number of nitrogens with one attached hydrogen (secondary N) is 3. The third kappa shape index (κ3) is 10.1. The molecule has 2 saturated heterocycles. The number of carbonyl (C=O) groups excluding carboxylic acids is 6. The number of alkyl halides is 3. The van der Waals surface area contributed by atoms with Gasteiger partial charge >= 0.3 is 6.18 Å². The largest absolute Gasteiger partial charge is 0.416 e. The summed E-state index contributed by atoms with van der Waals surface area (Å²) in [5, 5.41) is 20.6. The number of halogens is 3. The van der Waals surface area contributed by atoms with Crippen molar-refractivity contribution in [1.82, 2.24) is 49.6 Å². The molecule has 358 valence electrons. The van der Waals surface area contributed by atoms with Crippen LogP contribution in [0.3, 0.4) is 0 Å². The number of benzene rings is 3. The van der Waals surface area contributed by atoms with E-state index in [-0.39, 0.29) is 59.7 Å². The molecule has 21 heteroatoms. The third-order valence-electron chi connectivity index (χ3n) is 12.4. The lowest BCUT2D eigenvalue weighted by Gasteiger charge is -2.35. The summed E-state index contributed by atoms with van der Waals surface area (Å²) >= 11 is 0. The Bertz CT molecular complexity index is 3130. The minimum absolute atomic E-state index is 0.00640. The molecule has 1 unspecified atom stereocenters. The standard InChI is InChI=1S/C49H45F3N12O6/c1-30-10-11-32(25-31(30)13-15-36-27-54-41-8-4-18-55-64(36)41)45(67)56-34-14-12-33(38(26-34)49(50,51)52)28-60-21-23-61(24-22-60)43(66)9-2-5-35-29-62(59-58-35)20-19-53-39-7-3-6-37-44(39)48(70)63(47(37)69)40-16-17-42(65)57-46(40)68/h3-4,6-8,10-12,14,18,25-27,29,40,53H,2,5,9,16-17,19-24,28H2,1H3,(H,56,67)(H,57,65,68). The summed E-state index contributed by atoms with van der Waals surface area (Å²) in [6, 6.07) is 16.0. The van der Waals surface area contributed by atoms with Gasteiger partial charge in [-0.1, -0.05) is 29.3 Å². The monoisotopic (exact) mass is 954 g/mol. The quantitative estimate of drug-likeness (QED) is 0.108. The third-order valence-corrected chi connectivity index (χ3v) is 12.4. The summed E-state index contributed by atoms with van der Waals surface area (Å²) in [5.41, 5.74) is 3.39. The zero-order valence-corrected chi connectivity index (χ0v) is 37.8. The van der Waals surface area contributed by atoms with Gasteiger partial charge in [-0.15, -0.1) is 5.10 Å². The van der Waals surface area contributed by atoms with Gasteiger partial charge in [-0.05, 0) is 91.8 Å². The Labute approximate surface area is 398 Å². The summed E-state index contributed by atoms with van der Waals surface area (Å²) in [6.07, 6.45) is 1.60. The number of hydrogen-bond donors (Lipinski definition) is 3. The highest BCUT2D eigenvalue weighted by molar-refractivity contribution is 6.25. The summed E-state index contributed by atoms with van der Waals surface area (Å²) < 4.78 is 46.6. The average Bonchev–Trinajstić information content (AvgIpc) is 4.05. The van der Waals surface area contributed by atoms with E-state index in [1.54, 1.807) is 75.2 Å². The molecule has 3 aliphatic heterocycles. The van der Waals surface area contributed by atoms with Crippen LogP contribution in [0, 0.1) is 18.8 Å². The Kier molecular flexibility index (Phi) is 13.2. The lowest BCUT2D eigenvalue weighted by Crippen LogP contribution is -2.54. The van der Waals surface area contributed by atoms with Crippen molar-refractivity contribution in [3.05, 3.63) is 136 Å². The first-order valence-electron chi connectivity index (χ1n) is 22.6. The van der Waals surface area contributed by atoms with E-state index in [4.69, 9.17) is 0 Å². The average molecular weight is 955 g/mol. The summed E-state index contributed by atoms with van der Waals surface area (Å²) in [5.74, 6) is 3.09. The first-order chi connectivity index (χ1) is 33.7. The van der Waals surface area contributed by atoms with Crippen LogP contribution >= 0.6 is 0 Å².